The van der Waals surface area contributed by atoms with Gasteiger partial charge in [-0.1, -0.05) is 58.9 Å². The van der Waals surface area contributed by atoms with E-state index in [1.165, 1.54) is 73.1 Å². The summed E-state index contributed by atoms with van der Waals surface area (Å²) in [5, 5.41) is 3.74. The van der Waals surface area contributed by atoms with Crippen molar-refractivity contribution in [2.24, 2.45) is 5.41 Å². The van der Waals surface area contributed by atoms with Crippen LogP contribution in [0.5, 0.6) is 0 Å². The fraction of sp³-hybridized carbons (Fsp3) is 0.533. The zero-order valence-electron chi connectivity index (χ0n) is 20.6. The van der Waals surface area contributed by atoms with E-state index in [0.29, 0.717) is 6.04 Å². The molecule has 2 aromatic rings. The van der Waals surface area contributed by atoms with Gasteiger partial charge in [-0.3, -0.25) is 0 Å². The van der Waals surface area contributed by atoms with Crippen molar-refractivity contribution in [2.45, 2.75) is 90.5 Å². The molecule has 0 saturated heterocycles. The van der Waals surface area contributed by atoms with Crippen molar-refractivity contribution >= 4 is 11.4 Å². The lowest BCUT2D eigenvalue weighted by Crippen LogP contribution is -2.42. The van der Waals surface area contributed by atoms with Gasteiger partial charge in [0.1, 0.15) is 0 Å². The highest BCUT2D eigenvalue weighted by Crippen LogP contribution is 2.54. The van der Waals surface area contributed by atoms with E-state index in [1.807, 2.05) is 0 Å². The van der Waals surface area contributed by atoms with E-state index in [0.717, 1.165) is 13.0 Å². The van der Waals surface area contributed by atoms with Crippen LogP contribution in [-0.4, -0.2) is 12.6 Å². The number of rotatable bonds is 7. The van der Waals surface area contributed by atoms with Gasteiger partial charge in [0.25, 0.3) is 0 Å². The van der Waals surface area contributed by atoms with Crippen molar-refractivity contribution in [3.63, 3.8) is 0 Å². The SMILES string of the molecule is C=C(Nc1ccc2c(c1)CC(C(C)(C)C)N2CCCC)C1(c2ccc3c(c2)CCC3)CC1. The monoisotopic (exact) mass is 428 g/mol. The van der Waals surface area contributed by atoms with Gasteiger partial charge in [0, 0.05) is 35.1 Å². The third-order valence-electron chi connectivity index (χ3n) is 8.20. The summed E-state index contributed by atoms with van der Waals surface area (Å²) in [5.41, 5.74) is 10.3. The van der Waals surface area contributed by atoms with Gasteiger partial charge >= 0.3 is 0 Å². The van der Waals surface area contributed by atoms with E-state index in [1.54, 1.807) is 11.1 Å². The molecule has 1 unspecified atom stereocenters. The topological polar surface area (TPSA) is 15.3 Å². The molecule has 2 heteroatoms. The maximum absolute atomic E-state index is 4.54. The van der Waals surface area contributed by atoms with E-state index < -0.39 is 0 Å². The lowest BCUT2D eigenvalue weighted by Gasteiger charge is -2.37. The predicted octanol–water partition coefficient (Wildman–Crippen LogP) is 7.41. The third-order valence-corrected chi connectivity index (χ3v) is 8.20. The van der Waals surface area contributed by atoms with Crippen LogP contribution in [0.4, 0.5) is 11.4 Å². The van der Waals surface area contributed by atoms with Gasteiger partial charge in [-0.2, -0.15) is 0 Å². The van der Waals surface area contributed by atoms with Crippen LogP contribution in [0.1, 0.15) is 82.1 Å². The Morgan fingerprint density at radius 3 is 2.56 bits per heavy atom. The Hall–Kier alpha value is -2.22. The van der Waals surface area contributed by atoms with Gasteiger partial charge in [-0.15, -0.1) is 0 Å². The zero-order chi connectivity index (χ0) is 22.5. The van der Waals surface area contributed by atoms with Crippen LogP contribution >= 0.6 is 0 Å². The fourth-order valence-corrected chi connectivity index (χ4v) is 6.02. The molecule has 32 heavy (non-hydrogen) atoms. The van der Waals surface area contributed by atoms with Crippen LogP contribution in [0.3, 0.4) is 0 Å². The number of fused-ring (bicyclic) bond motifs is 2. The Morgan fingerprint density at radius 1 is 1.06 bits per heavy atom. The molecule has 1 heterocycles. The number of unbranched alkanes of at least 4 members (excludes halogenated alkanes) is 1. The quantitative estimate of drug-likeness (QED) is 0.494. The molecule has 2 aromatic carbocycles. The average Bonchev–Trinajstić information content (AvgIpc) is 3.29. The highest BCUT2D eigenvalue weighted by molar-refractivity contribution is 5.67. The highest BCUT2D eigenvalue weighted by Gasteiger charge is 2.47. The highest BCUT2D eigenvalue weighted by atomic mass is 15.2. The summed E-state index contributed by atoms with van der Waals surface area (Å²) in [7, 11) is 0. The zero-order valence-corrected chi connectivity index (χ0v) is 20.6. The number of nitrogens with one attached hydrogen (secondary N) is 1. The summed E-state index contributed by atoms with van der Waals surface area (Å²) in [6, 6.07) is 14.8. The van der Waals surface area contributed by atoms with Crippen molar-refractivity contribution < 1.29 is 0 Å². The van der Waals surface area contributed by atoms with Crippen molar-refractivity contribution in [2.75, 3.05) is 16.8 Å². The first kappa shape index (κ1) is 21.6. The third kappa shape index (κ3) is 3.76. The van der Waals surface area contributed by atoms with Crippen molar-refractivity contribution in [1.29, 1.82) is 0 Å². The molecule has 1 fully saturated rings. The minimum Gasteiger partial charge on any atom is -0.367 e. The molecule has 0 amide bonds. The molecule has 3 aliphatic rings. The second kappa shape index (κ2) is 7.97. The number of aryl methyl sites for hydroxylation is 2. The number of hydrogen-bond donors (Lipinski definition) is 1. The largest absolute Gasteiger partial charge is 0.367 e. The average molecular weight is 429 g/mol. The summed E-state index contributed by atoms with van der Waals surface area (Å²) in [4.78, 5) is 2.67. The normalized spacial score (nSPS) is 20.8. The van der Waals surface area contributed by atoms with Crippen molar-refractivity contribution in [3.8, 4) is 0 Å². The molecule has 0 spiro atoms. The van der Waals surface area contributed by atoms with Crippen LogP contribution in [-0.2, 0) is 24.7 Å². The number of nitrogens with zero attached hydrogens (tertiary/aromatic N) is 1. The molecule has 1 atom stereocenters. The van der Waals surface area contributed by atoms with Crippen LogP contribution in [0, 0.1) is 5.41 Å². The Balaban J connectivity index is 1.36. The van der Waals surface area contributed by atoms with E-state index in [4.69, 9.17) is 0 Å². The maximum atomic E-state index is 4.54. The van der Waals surface area contributed by atoms with Crippen LogP contribution in [0.2, 0.25) is 0 Å². The number of hydrogen-bond acceptors (Lipinski definition) is 2. The first-order valence-corrected chi connectivity index (χ1v) is 12.8. The molecular formula is C30H40N2. The van der Waals surface area contributed by atoms with E-state index in [-0.39, 0.29) is 10.8 Å². The lowest BCUT2D eigenvalue weighted by atomic mass is 9.84. The van der Waals surface area contributed by atoms with Crippen LogP contribution in [0.25, 0.3) is 0 Å². The number of anilines is 2. The van der Waals surface area contributed by atoms with Gasteiger partial charge < -0.3 is 10.2 Å². The lowest BCUT2D eigenvalue weighted by molar-refractivity contribution is 0.311. The van der Waals surface area contributed by atoms with Gasteiger partial charge in [0.05, 0.1) is 0 Å². The molecule has 5 rings (SSSR count). The summed E-state index contributed by atoms with van der Waals surface area (Å²) in [5.74, 6) is 0. The van der Waals surface area contributed by atoms with Crippen LogP contribution in [0.15, 0.2) is 48.7 Å². The summed E-state index contributed by atoms with van der Waals surface area (Å²) in [6.07, 6.45) is 9.86. The van der Waals surface area contributed by atoms with Gasteiger partial charge in [0.15, 0.2) is 0 Å². The molecule has 0 aromatic heterocycles. The molecule has 1 saturated carbocycles. The van der Waals surface area contributed by atoms with E-state index in [2.05, 4.69) is 80.9 Å². The number of allylic oxidation sites excluding steroid dienone is 1. The Bertz CT molecular complexity index is 1020. The molecule has 0 bridgehead atoms. The molecule has 0 radical (unpaired) electrons. The van der Waals surface area contributed by atoms with Crippen LogP contribution < -0.4 is 10.2 Å². The minimum atomic E-state index is 0.123. The number of benzene rings is 2. The van der Waals surface area contributed by atoms with Gasteiger partial charge in [-0.25, -0.2) is 0 Å². The smallest absolute Gasteiger partial charge is 0.0403 e. The second-order valence-corrected chi connectivity index (χ2v) is 11.5. The fourth-order valence-electron chi connectivity index (χ4n) is 6.02. The van der Waals surface area contributed by atoms with E-state index in [9.17, 15) is 0 Å². The molecule has 1 N–H and O–H groups in total. The maximum Gasteiger partial charge on any atom is 0.0403 e. The first-order valence-electron chi connectivity index (χ1n) is 12.8. The van der Waals surface area contributed by atoms with Gasteiger partial charge in [-0.05, 0) is 90.8 Å². The molecule has 2 aliphatic carbocycles. The molecular weight excluding hydrogens is 388 g/mol. The molecule has 1 aliphatic heterocycles. The minimum absolute atomic E-state index is 0.123. The van der Waals surface area contributed by atoms with Crippen molar-refractivity contribution in [1.82, 2.24) is 0 Å². The van der Waals surface area contributed by atoms with E-state index >= 15 is 0 Å². The predicted molar refractivity (Wildman–Crippen MR) is 138 cm³/mol. The summed E-state index contributed by atoms with van der Waals surface area (Å²) < 4.78 is 0. The molecule has 170 valence electrons. The van der Waals surface area contributed by atoms with Gasteiger partial charge in [0.2, 0.25) is 0 Å². The Kier molecular flexibility index (Phi) is 5.39. The summed E-state index contributed by atoms with van der Waals surface area (Å²) >= 11 is 0. The standard InChI is InChI=1S/C30H40N2/c1-6-7-17-32-27-14-13-26(19-24(27)20-28(32)29(3,4)5)31-21(2)30(15-16-30)25-12-11-22-9-8-10-23(22)18-25/h11-14,18-19,28,31H,2,6-10,15-17,20H2,1,3-5H3. The first-order chi connectivity index (χ1) is 15.3. The summed E-state index contributed by atoms with van der Waals surface area (Å²) in [6.45, 7) is 15.1. The molecule has 2 nitrogen and oxygen atoms in total. The Labute approximate surface area is 195 Å². The van der Waals surface area contributed by atoms with Crippen molar-refractivity contribution in [3.05, 3.63) is 70.9 Å². The Morgan fingerprint density at radius 2 is 1.84 bits per heavy atom. The second-order valence-electron chi connectivity index (χ2n) is 11.5.